The van der Waals surface area contributed by atoms with Gasteiger partial charge in [0.2, 0.25) is 0 Å². The summed E-state index contributed by atoms with van der Waals surface area (Å²) in [6.07, 6.45) is 11.6. The maximum Gasteiger partial charge on any atom is 0.250 e. The van der Waals surface area contributed by atoms with Crippen molar-refractivity contribution < 1.29 is 14.0 Å². The first-order valence-corrected chi connectivity index (χ1v) is 9.91. The zero-order valence-electron chi connectivity index (χ0n) is 15.8. The molecule has 6 heteroatoms. The summed E-state index contributed by atoms with van der Waals surface area (Å²) in [4.78, 5) is 4.45. The Hall–Kier alpha value is -2.34. The van der Waals surface area contributed by atoms with Gasteiger partial charge in [0.25, 0.3) is 5.89 Å². The Morgan fingerprint density at radius 3 is 2.74 bits per heavy atom. The molecule has 0 spiro atoms. The molecular weight excluding hydrogens is 342 g/mol. The summed E-state index contributed by atoms with van der Waals surface area (Å²) in [5.41, 5.74) is 6.80. The molecule has 0 bridgehead atoms. The van der Waals surface area contributed by atoms with Crippen LogP contribution in [0.3, 0.4) is 0 Å². The maximum absolute atomic E-state index is 6.30. The first-order chi connectivity index (χ1) is 13.2. The number of aromatic nitrogens is 2. The van der Waals surface area contributed by atoms with Crippen LogP contribution in [-0.4, -0.2) is 22.9 Å². The summed E-state index contributed by atoms with van der Waals surface area (Å²) in [6, 6.07) is 5.93. The van der Waals surface area contributed by atoms with Crippen LogP contribution in [0.25, 0.3) is 12.2 Å². The van der Waals surface area contributed by atoms with Crippen LogP contribution in [0.4, 0.5) is 0 Å². The van der Waals surface area contributed by atoms with Crippen molar-refractivity contribution in [3.05, 3.63) is 35.5 Å². The smallest absolute Gasteiger partial charge is 0.250 e. The van der Waals surface area contributed by atoms with Crippen LogP contribution in [0, 0.1) is 0 Å². The Kier molecular flexibility index (Phi) is 5.16. The van der Waals surface area contributed by atoms with Crippen LogP contribution in [0.5, 0.6) is 11.5 Å². The van der Waals surface area contributed by atoms with Gasteiger partial charge >= 0.3 is 0 Å². The van der Waals surface area contributed by atoms with Crippen LogP contribution in [-0.2, 0) is 5.54 Å². The van der Waals surface area contributed by atoms with E-state index in [4.69, 9.17) is 19.7 Å². The van der Waals surface area contributed by atoms with Gasteiger partial charge in [0.05, 0.1) is 18.2 Å². The maximum atomic E-state index is 6.30. The highest BCUT2D eigenvalue weighted by molar-refractivity contribution is 5.72. The number of hydrogen-bond acceptors (Lipinski definition) is 6. The molecule has 1 heterocycles. The van der Waals surface area contributed by atoms with Crippen molar-refractivity contribution in [2.24, 2.45) is 5.73 Å². The van der Waals surface area contributed by atoms with Crippen LogP contribution < -0.4 is 15.2 Å². The lowest BCUT2D eigenvalue weighted by atomic mass is 9.77. The fraction of sp³-hybridized carbons (Fsp3) is 0.524. The summed E-state index contributed by atoms with van der Waals surface area (Å²) >= 11 is 0. The highest BCUT2D eigenvalue weighted by Gasteiger charge is 2.38. The third-order valence-corrected chi connectivity index (χ3v) is 5.43. The quantitative estimate of drug-likeness (QED) is 0.783. The van der Waals surface area contributed by atoms with Crippen molar-refractivity contribution in [3.8, 4) is 11.5 Å². The van der Waals surface area contributed by atoms with E-state index in [1.807, 2.05) is 37.3 Å². The van der Waals surface area contributed by atoms with E-state index in [0.717, 1.165) is 49.2 Å². The lowest BCUT2D eigenvalue weighted by Gasteiger charge is -2.34. The van der Waals surface area contributed by atoms with Gasteiger partial charge < -0.3 is 19.7 Å². The van der Waals surface area contributed by atoms with Gasteiger partial charge in [0.1, 0.15) is 0 Å². The Balaban J connectivity index is 1.56. The first-order valence-electron chi connectivity index (χ1n) is 9.91. The van der Waals surface area contributed by atoms with Crippen molar-refractivity contribution in [2.75, 3.05) is 6.61 Å². The Bertz CT molecular complexity index is 805. The van der Waals surface area contributed by atoms with Gasteiger partial charge in [-0.15, -0.1) is 0 Å². The second kappa shape index (κ2) is 7.72. The van der Waals surface area contributed by atoms with Crippen LogP contribution in [0.2, 0.25) is 0 Å². The lowest BCUT2D eigenvalue weighted by molar-refractivity contribution is 0.196. The molecular formula is C21H27N3O3. The van der Waals surface area contributed by atoms with E-state index in [-0.39, 0.29) is 6.10 Å². The molecule has 0 atom stereocenters. The van der Waals surface area contributed by atoms with Crippen LogP contribution in [0.1, 0.15) is 69.1 Å². The number of rotatable bonds is 7. The predicted molar refractivity (Wildman–Crippen MR) is 103 cm³/mol. The molecule has 2 saturated carbocycles. The monoisotopic (exact) mass is 369 g/mol. The average Bonchev–Trinajstić information content (AvgIpc) is 3.32. The van der Waals surface area contributed by atoms with Gasteiger partial charge in [-0.05, 0) is 64.0 Å². The topological polar surface area (TPSA) is 83.4 Å². The van der Waals surface area contributed by atoms with E-state index in [9.17, 15) is 0 Å². The molecule has 2 fully saturated rings. The number of nitrogens with two attached hydrogens (primary N) is 1. The van der Waals surface area contributed by atoms with Crippen molar-refractivity contribution in [1.29, 1.82) is 0 Å². The van der Waals surface area contributed by atoms with Crippen LogP contribution >= 0.6 is 0 Å². The molecule has 2 N–H and O–H groups in total. The standard InChI is InChI=1S/C21H27N3O3/c1-2-25-17-10-5-7-15(19(17)26-16-8-3-4-9-16)11-12-18-23-20(24-27-18)21(22)13-6-14-21/h5,7,10-12,16H,2-4,6,8-9,13-14,22H2,1H3/b12-11+. The normalized spacial score (nSPS) is 19.3. The molecule has 1 aromatic heterocycles. The van der Waals surface area contributed by atoms with Gasteiger partial charge in [-0.1, -0.05) is 17.3 Å². The fourth-order valence-electron chi connectivity index (χ4n) is 3.68. The molecule has 144 valence electrons. The molecule has 0 radical (unpaired) electrons. The SMILES string of the molecule is CCOc1cccc(/C=C/c2nc(C3(N)CCC3)no2)c1OC1CCCC1. The van der Waals surface area contributed by atoms with E-state index < -0.39 is 5.54 Å². The van der Waals surface area contributed by atoms with Crippen molar-refractivity contribution in [1.82, 2.24) is 10.1 Å². The van der Waals surface area contributed by atoms with E-state index in [1.165, 1.54) is 12.8 Å². The number of hydrogen-bond donors (Lipinski definition) is 1. The Morgan fingerprint density at radius 2 is 2.04 bits per heavy atom. The lowest BCUT2D eigenvalue weighted by Crippen LogP contribution is -2.44. The molecule has 0 unspecified atom stereocenters. The summed E-state index contributed by atoms with van der Waals surface area (Å²) in [7, 11) is 0. The van der Waals surface area contributed by atoms with Crippen molar-refractivity contribution in [2.45, 2.75) is 63.5 Å². The van der Waals surface area contributed by atoms with E-state index in [2.05, 4.69) is 10.1 Å². The third-order valence-electron chi connectivity index (χ3n) is 5.43. The summed E-state index contributed by atoms with van der Waals surface area (Å²) in [5, 5.41) is 4.06. The third kappa shape index (κ3) is 3.86. The van der Waals surface area contributed by atoms with Gasteiger partial charge in [-0.25, -0.2) is 0 Å². The van der Waals surface area contributed by atoms with E-state index in [1.54, 1.807) is 0 Å². The molecule has 0 amide bonds. The number of ether oxygens (including phenoxy) is 2. The minimum atomic E-state index is -0.415. The number of benzene rings is 1. The Labute approximate surface area is 159 Å². The molecule has 0 aliphatic heterocycles. The summed E-state index contributed by atoms with van der Waals surface area (Å²) in [5.74, 6) is 2.61. The second-order valence-electron chi connectivity index (χ2n) is 7.43. The molecule has 2 aliphatic carbocycles. The summed E-state index contributed by atoms with van der Waals surface area (Å²) < 4.78 is 17.4. The molecule has 2 aromatic rings. The van der Waals surface area contributed by atoms with Gasteiger partial charge in [-0.2, -0.15) is 4.98 Å². The van der Waals surface area contributed by atoms with Gasteiger partial charge in [0.15, 0.2) is 17.3 Å². The molecule has 6 nitrogen and oxygen atoms in total. The minimum absolute atomic E-state index is 0.254. The van der Waals surface area contributed by atoms with Gasteiger partial charge in [-0.3, -0.25) is 0 Å². The highest BCUT2D eigenvalue weighted by atomic mass is 16.5. The minimum Gasteiger partial charge on any atom is -0.490 e. The highest BCUT2D eigenvalue weighted by Crippen LogP contribution is 2.38. The van der Waals surface area contributed by atoms with Gasteiger partial charge in [0, 0.05) is 11.6 Å². The molecule has 0 saturated heterocycles. The number of nitrogens with zero attached hydrogens (tertiary/aromatic N) is 2. The van der Waals surface area contributed by atoms with E-state index in [0.29, 0.717) is 18.3 Å². The zero-order valence-corrected chi connectivity index (χ0v) is 15.8. The second-order valence-corrected chi connectivity index (χ2v) is 7.43. The fourth-order valence-corrected chi connectivity index (χ4v) is 3.68. The van der Waals surface area contributed by atoms with Crippen LogP contribution in [0.15, 0.2) is 22.7 Å². The van der Waals surface area contributed by atoms with E-state index >= 15 is 0 Å². The molecule has 4 rings (SSSR count). The van der Waals surface area contributed by atoms with Crippen molar-refractivity contribution in [3.63, 3.8) is 0 Å². The Morgan fingerprint density at radius 1 is 1.22 bits per heavy atom. The molecule has 1 aromatic carbocycles. The average molecular weight is 369 g/mol. The number of para-hydroxylation sites is 1. The largest absolute Gasteiger partial charge is 0.490 e. The molecule has 2 aliphatic rings. The summed E-state index contributed by atoms with van der Waals surface area (Å²) in [6.45, 7) is 2.57. The predicted octanol–water partition coefficient (Wildman–Crippen LogP) is 4.30. The zero-order chi connectivity index (χ0) is 18.7. The molecule has 27 heavy (non-hydrogen) atoms. The van der Waals surface area contributed by atoms with Crippen molar-refractivity contribution >= 4 is 12.2 Å². The first kappa shape index (κ1) is 18.0.